The maximum atomic E-state index is 12.5. The van der Waals surface area contributed by atoms with Crippen LogP contribution < -0.4 is 11.0 Å². The van der Waals surface area contributed by atoms with E-state index in [4.69, 9.17) is 0 Å². The van der Waals surface area contributed by atoms with E-state index < -0.39 is 0 Å². The number of piperidine rings is 1. The number of nitrogens with one attached hydrogen (secondary N) is 2. The van der Waals surface area contributed by atoms with E-state index in [2.05, 4.69) is 27.5 Å². The molecular formula is C15H24N6O2. The molecule has 2 aliphatic heterocycles. The fourth-order valence-corrected chi connectivity index (χ4v) is 3.83. The van der Waals surface area contributed by atoms with Crippen molar-refractivity contribution in [1.29, 1.82) is 0 Å². The van der Waals surface area contributed by atoms with Crippen LogP contribution in [-0.2, 0) is 6.54 Å². The van der Waals surface area contributed by atoms with Crippen LogP contribution in [-0.4, -0.2) is 62.8 Å². The number of amides is 2. The van der Waals surface area contributed by atoms with Crippen molar-refractivity contribution in [3.05, 3.63) is 16.3 Å². The molecule has 0 atom stereocenters. The van der Waals surface area contributed by atoms with Gasteiger partial charge in [-0.05, 0) is 39.2 Å². The molecule has 126 valence electrons. The molecule has 0 radical (unpaired) electrons. The first-order valence-electron chi connectivity index (χ1n) is 8.49. The first-order chi connectivity index (χ1) is 11.1. The number of carbonyl (C=O) groups excluding carboxylic acids is 1. The molecule has 0 bridgehead atoms. The van der Waals surface area contributed by atoms with Crippen molar-refractivity contribution in [1.82, 2.24) is 29.9 Å². The lowest BCUT2D eigenvalue weighted by atomic mass is 9.77. The van der Waals surface area contributed by atoms with Gasteiger partial charge in [-0.25, -0.2) is 14.7 Å². The minimum atomic E-state index is -0.174. The quantitative estimate of drug-likeness (QED) is 0.838. The van der Waals surface area contributed by atoms with Gasteiger partial charge in [0.1, 0.15) is 0 Å². The third-order valence-corrected chi connectivity index (χ3v) is 5.62. The summed E-state index contributed by atoms with van der Waals surface area (Å²) in [5, 5.41) is 9.49. The van der Waals surface area contributed by atoms with E-state index in [1.807, 2.05) is 4.90 Å². The molecule has 1 aromatic heterocycles. The van der Waals surface area contributed by atoms with Crippen molar-refractivity contribution in [2.45, 2.75) is 50.2 Å². The van der Waals surface area contributed by atoms with Crippen LogP contribution in [0.1, 0.15) is 44.0 Å². The summed E-state index contributed by atoms with van der Waals surface area (Å²) in [6.45, 7) is 3.22. The Hall–Kier alpha value is -1.83. The second-order valence-electron chi connectivity index (χ2n) is 7.13. The number of urea groups is 1. The largest absolute Gasteiger partial charge is 0.343 e. The summed E-state index contributed by atoms with van der Waals surface area (Å²) < 4.78 is 1.68. The summed E-state index contributed by atoms with van der Waals surface area (Å²) in [6.07, 6.45) is 5.23. The first kappa shape index (κ1) is 14.7. The number of H-pyrrole nitrogens is 1. The van der Waals surface area contributed by atoms with Gasteiger partial charge in [0.2, 0.25) is 0 Å². The minimum Gasteiger partial charge on any atom is -0.331 e. The fraction of sp³-hybridized carbons (Fsp3) is 0.800. The van der Waals surface area contributed by atoms with E-state index in [0.29, 0.717) is 12.4 Å². The highest BCUT2D eigenvalue weighted by atomic mass is 16.2. The molecule has 1 spiro atoms. The maximum Gasteiger partial charge on any atom is 0.343 e. The molecular weight excluding hydrogens is 296 g/mol. The maximum absolute atomic E-state index is 12.5. The fourth-order valence-electron chi connectivity index (χ4n) is 3.83. The van der Waals surface area contributed by atoms with E-state index in [-0.39, 0.29) is 23.3 Å². The van der Waals surface area contributed by atoms with Gasteiger partial charge in [-0.3, -0.25) is 4.57 Å². The van der Waals surface area contributed by atoms with Gasteiger partial charge in [-0.15, -0.1) is 0 Å². The van der Waals surface area contributed by atoms with Gasteiger partial charge >= 0.3 is 11.7 Å². The second-order valence-corrected chi connectivity index (χ2v) is 7.13. The third kappa shape index (κ3) is 2.54. The van der Waals surface area contributed by atoms with Crippen LogP contribution in [0.2, 0.25) is 0 Å². The Bertz CT molecular complexity index is 653. The number of nitrogens with zero attached hydrogens (tertiary/aromatic N) is 4. The van der Waals surface area contributed by atoms with Crippen LogP contribution in [0.4, 0.5) is 4.79 Å². The molecule has 3 aliphatic rings. The highest BCUT2D eigenvalue weighted by Gasteiger charge is 2.48. The van der Waals surface area contributed by atoms with Crippen LogP contribution >= 0.6 is 0 Å². The third-order valence-electron chi connectivity index (χ3n) is 5.62. The van der Waals surface area contributed by atoms with Crippen molar-refractivity contribution in [2.24, 2.45) is 0 Å². The molecule has 1 saturated carbocycles. The number of aromatic nitrogens is 3. The molecule has 3 fully saturated rings. The average Bonchev–Trinajstić information content (AvgIpc) is 3.28. The summed E-state index contributed by atoms with van der Waals surface area (Å²) in [5.74, 6) is 0.629. The van der Waals surface area contributed by atoms with Gasteiger partial charge in [0.05, 0.1) is 6.54 Å². The first-order valence-corrected chi connectivity index (χ1v) is 8.49. The molecule has 3 heterocycles. The van der Waals surface area contributed by atoms with Crippen LogP contribution in [0.3, 0.4) is 0 Å². The Balaban J connectivity index is 1.38. The Labute approximate surface area is 134 Å². The standard InChI is InChI=1S/C15H24N6O2/c1-19-7-4-15(5-8-19)6-9-20(15)13(22)16-10-12-17-18-14(23)21(12)11-2-3-11/h11H,2-10H2,1H3,(H,16,22)(H,18,23). The molecule has 2 saturated heterocycles. The summed E-state index contributed by atoms with van der Waals surface area (Å²) in [6, 6.07) is 0.232. The van der Waals surface area contributed by atoms with Crippen LogP contribution in [0.25, 0.3) is 0 Å². The lowest BCUT2D eigenvalue weighted by molar-refractivity contribution is -0.0212. The highest BCUT2D eigenvalue weighted by Crippen LogP contribution is 2.39. The summed E-state index contributed by atoms with van der Waals surface area (Å²) >= 11 is 0. The molecule has 23 heavy (non-hydrogen) atoms. The smallest absolute Gasteiger partial charge is 0.331 e. The predicted octanol–water partition coefficient (Wildman–Crippen LogP) is 0.286. The Morgan fingerprint density at radius 3 is 2.61 bits per heavy atom. The summed E-state index contributed by atoms with van der Waals surface area (Å²) in [5.41, 5.74) is -0.120. The topological polar surface area (TPSA) is 86.3 Å². The van der Waals surface area contributed by atoms with E-state index in [1.165, 1.54) is 0 Å². The van der Waals surface area contributed by atoms with Crippen molar-refractivity contribution < 1.29 is 4.79 Å². The van der Waals surface area contributed by atoms with Crippen molar-refractivity contribution in [3.8, 4) is 0 Å². The van der Waals surface area contributed by atoms with E-state index in [1.54, 1.807) is 4.57 Å². The number of hydrogen-bond acceptors (Lipinski definition) is 4. The molecule has 2 amide bonds. The van der Waals surface area contributed by atoms with E-state index in [9.17, 15) is 9.59 Å². The zero-order valence-corrected chi connectivity index (χ0v) is 13.5. The predicted molar refractivity (Wildman–Crippen MR) is 84.1 cm³/mol. The van der Waals surface area contributed by atoms with Crippen molar-refractivity contribution >= 4 is 6.03 Å². The summed E-state index contributed by atoms with van der Waals surface area (Å²) in [4.78, 5) is 28.6. The second kappa shape index (κ2) is 5.36. The molecule has 2 N–H and O–H groups in total. The van der Waals surface area contributed by atoms with Gasteiger partial charge in [-0.1, -0.05) is 0 Å². The molecule has 8 heteroatoms. The monoisotopic (exact) mass is 320 g/mol. The molecule has 1 aliphatic carbocycles. The molecule has 0 aromatic carbocycles. The van der Waals surface area contributed by atoms with Crippen LogP contribution in [0.15, 0.2) is 4.79 Å². The van der Waals surface area contributed by atoms with Gasteiger partial charge in [0.25, 0.3) is 0 Å². The number of likely N-dealkylation sites (tertiary alicyclic amines) is 2. The van der Waals surface area contributed by atoms with Gasteiger partial charge < -0.3 is 15.1 Å². The lowest BCUT2D eigenvalue weighted by Gasteiger charge is -2.55. The van der Waals surface area contributed by atoms with Gasteiger partial charge in [0.15, 0.2) is 5.82 Å². The number of carbonyl (C=O) groups is 1. The zero-order chi connectivity index (χ0) is 16.0. The Morgan fingerprint density at radius 2 is 2.00 bits per heavy atom. The number of aromatic amines is 1. The number of rotatable bonds is 3. The van der Waals surface area contributed by atoms with Gasteiger partial charge in [-0.2, -0.15) is 5.10 Å². The zero-order valence-electron chi connectivity index (χ0n) is 13.5. The SMILES string of the molecule is CN1CCC2(CC1)CCN2C(=O)NCc1n[nH]c(=O)n1C1CC1. The normalized spacial score (nSPS) is 23.8. The molecule has 1 aromatic rings. The highest BCUT2D eigenvalue weighted by molar-refractivity contribution is 5.76. The van der Waals surface area contributed by atoms with Crippen molar-refractivity contribution in [2.75, 3.05) is 26.7 Å². The molecule has 8 nitrogen and oxygen atoms in total. The van der Waals surface area contributed by atoms with Crippen LogP contribution in [0, 0.1) is 0 Å². The van der Waals surface area contributed by atoms with Gasteiger partial charge in [0, 0.05) is 31.2 Å². The minimum absolute atomic E-state index is 0.0291. The molecule has 4 rings (SSSR count). The molecule has 0 unspecified atom stereocenters. The van der Waals surface area contributed by atoms with Crippen molar-refractivity contribution in [3.63, 3.8) is 0 Å². The van der Waals surface area contributed by atoms with E-state index in [0.717, 1.165) is 51.7 Å². The Kier molecular flexibility index (Phi) is 3.44. The summed E-state index contributed by atoms with van der Waals surface area (Å²) in [7, 11) is 2.13. The Morgan fingerprint density at radius 1 is 1.30 bits per heavy atom. The number of hydrogen-bond donors (Lipinski definition) is 2. The van der Waals surface area contributed by atoms with Crippen LogP contribution in [0.5, 0.6) is 0 Å². The van der Waals surface area contributed by atoms with E-state index >= 15 is 0 Å². The average molecular weight is 320 g/mol. The lowest BCUT2D eigenvalue weighted by Crippen LogP contribution is -2.67.